The minimum absolute atomic E-state index is 0.0434. The van der Waals surface area contributed by atoms with E-state index in [2.05, 4.69) is 9.88 Å². The Labute approximate surface area is 137 Å². The molecule has 0 saturated carbocycles. The molecule has 3 rings (SSSR count). The molecule has 4 nitrogen and oxygen atoms in total. The maximum absolute atomic E-state index is 12.9. The summed E-state index contributed by atoms with van der Waals surface area (Å²) < 4.78 is 5.34. The van der Waals surface area contributed by atoms with Crippen LogP contribution in [-0.2, 0) is 6.54 Å². The van der Waals surface area contributed by atoms with Gasteiger partial charge in [-0.05, 0) is 49.2 Å². The van der Waals surface area contributed by atoms with Gasteiger partial charge in [-0.25, -0.2) is 0 Å². The summed E-state index contributed by atoms with van der Waals surface area (Å²) in [5.41, 5.74) is 1.94. The van der Waals surface area contributed by atoms with Gasteiger partial charge in [0.05, 0.1) is 12.7 Å². The molecular formula is C19H22N2O2. The SMILES string of the molecule is COc1ccccc1C(=O)[C@@H]1CCCN(Cc2ccncc2)C1. The Kier molecular flexibility index (Phi) is 5.03. The van der Waals surface area contributed by atoms with Crippen molar-refractivity contribution >= 4 is 5.78 Å². The lowest BCUT2D eigenvalue weighted by molar-refractivity contribution is 0.0808. The normalized spacial score (nSPS) is 18.6. The van der Waals surface area contributed by atoms with E-state index in [4.69, 9.17) is 4.74 Å². The van der Waals surface area contributed by atoms with Crippen molar-refractivity contribution in [1.29, 1.82) is 0 Å². The lowest BCUT2D eigenvalue weighted by Crippen LogP contribution is -2.38. The van der Waals surface area contributed by atoms with Gasteiger partial charge in [-0.3, -0.25) is 14.7 Å². The number of likely N-dealkylation sites (tertiary alicyclic amines) is 1. The van der Waals surface area contributed by atoms with E-state index in [0.29, 0.717) is 11.3 Å². The standard InChI is InChI=1S/C19H22N2O2/c1-23-18-7-3-2-6-17(18)19(22)16-5-4-12-21(14-16)13-15-8-10-20-11-9-15/h2-3,6-11,16H,4-5,12-14H2,1H3/t16-/m1/s1. The van der Waals surface area contributed by atoms with Crippen LogP contribution in [-0.4, -0.2) is 35.9 Å². The van der Waals surface area contributed by atoms with Gasteiger partial charge in [-0.2, -0.15) is 0 Å². The number of hydrogen-bond donors (Lipinski definition) is 0. The van der Waals surface area contributed by atoms with Crippen molar-refractivity contribution in [2.24, 2.45) is 5.92 Å². The number of rotatable bonds is 5. The van der Waals surface area contributed by atoms with E-state index in [-0.39, 0.29) is 11.7 Å². The van der Waals surface area contributed by atoms with Crippen LogP contribution in [0.5, 0.6) is 5.75 Å². The molecule has 0 radical (unpaired) electrons. The van der Waals surface area contributed by atoms with Gasteiger partial charge >= 0.3 is 0 Å². The Morgan fingerprint density at radius 3 is 2.83 bits per heavy atom. The Morgan fingerprint density at radius 2 is 2.04 bits per heavy atom. The molecule has 4 heteroatoms. The highest BCUT2D eigenvalue weighted by atomic mass is 16.5. The van der Waals surface area contributed by atoms with E-state index in [0.717, 1.165) is 32.5 Å². The van der Waals surface area contributed by atoms with Crippen molar-refractivity contribution in [3.63, 3.8) is 0 Å². The van der Waals surface area contributed by atoms with Crippen LogP contribution in [0.1, 0.15) is 28.8 Å². The first kappa shape index (κ1) is 15.7. The largest absolute Gasteiger partial charge is 0.496 e. The highest BCUT2D eigenvalue weighted by molar-refractivity contribution is 6.00. The maximum Gasteiger partial charge on any atom is 0.170 e. The van der Waals surface area contributed by atoms with Gasteiger partial charge in [0.1, 0.15) is 5.75 Å². The molecule has 0 aliphatic carbocycles. The van der Waals surface area contributed by atoms with Crippen molar-refractivity contribution in [3.8, 4) is 5.75 Å². The van der Waals surface area contributed by atoms with E-state index >= 15 is 0 Å². The van der Waals surface area contributed by atoms with E-state index in [1.807, 2.05) is 48.8 Å². The van der Waals surface area contributed by atoms with Crippen LogP contribution >= 0.6 is 0 Å². The zero-order chi connectivity index (χ0) is 16.1. The first-order valence-corrected chi connectivity index (χ1v) is 8.06. The smallest absolute Gasteiger partial charge is 0.170 e. The van der Waals surface area contributed by atoms with Gasteiger partial charge in [0.15, 0.2) is 5.78 Å². The molecule has 1 aliphatic rings. The number of aromatic nitrogens is 1. The lowest BCUT2D eigenvalue weighted by Gasteiger charge is -2.32. The summed E-state index contributed by atoms with van der Waals surface area (Å²) in [7, 11) is 1.61. The van der Waals surface area contributed by atoms with E-state index in [9.17, 15) is 4.79 Å². The first-order valence-electron chi connectivity index (χ1n) is 8.06. The Morgan fingerprint density at radius 1 is 1.26 bits per heavy atom. The average Bonchev–Trinajstić information content (AvgIpc) is 2.62. The molecule has 1 aliphatic heterocycles. The summed E-state index contributed by atoms with van der Waals surface area (Å²) in [6.07, 6.45) is 5.63. The number of piperidine rings is 1. The average molecular weight is 310 g/mol. The zero-order valence-electron chi connectivity index (χ0n) is 13.4. The van der Waals surface area contributed by atoms with Crippen LogP contribution in [0.4, 0.5) is 0 Å². The number of ketones is 1. The quantitative estimate of drug-likeness (QED) is 0.796. The molecule has 1 saturated heterocycles. The van der Waals surface area contributed by atoms with Crippen molar-refractivity contribution in [1.82, 2.24) is 9.88 Å². The molecular weight excluding hydrogens is 288 g/mol. The summed E-state index contributed by atoms with van der Waals surface area (Å²) in [5, 5.41) is 0. The molecule has 0 N–H and O–H groups in total. The van der Waals surface area contributed by atoms with Crippen LogP contribution in [0.3, 0.4) is 0 Å². The lowest BCUT2D eigenvalue weighted by atomic mass is 9.89. The highest BCUT2D eigenvalue weighted by Crippen LogP contribution is 2.26. The van der Waals surface area contributed by atoms with Gasteiger partial charge in [-0.15, -0.1) is 0 Å². The minimum atomic E-state index is 0.0434. The molecule has 0 amide bonds. The van der Waals surface area contributed by atoms with E-state index in [1.165, 1.54) is 5.56 Å². The molecule has 0 spiro atoms. The predicted octanol–water partition coefficient (Wildman–Crippen LogP) is 3.19. The van der Waals surface area contributed by atoms with E-state index in [1.54, 1.807) is 7.11 Å². The third-order valence-corrected chi connectivity index (χ3v) is 4.40. The number of hydrogen-bond acceptors (Lipinski definition) is 4. The van der Waals surface area contributed by atoms with Crippen molar-refractivity contribution in [2.75, 3.05) is 20.2 Å². The fourth-order valence-electron chi connectivity index (χ4n) is 3.23. The van der Waals surface area contributed by atoms with Gasteiger partial charge in [0.25, 0.3) is 0 Å². The van der Waals surface area contributed by atoms with Crippen molar-refractivity contribution in [3.05, 3.63) is 59.9 Å². The number of Topliss-reactive ketones (excluding diaryl/α,β-unsaturated/α-hetero) is 1. The predicted molar refractivity (Wildman–Crippen MR) is 89.6 cm³/mol. The molecule has 1 aromatic heterocycles. The summed E-state index contributed by atoms with van der Waals surface area (Å²) in [6.45, 7) is 2.72. The van der Waals surface area contributed by atoms with Crippen LogP contribution < -0.4 is 4.74 Å². The topological polar surface area (TPSA) is 42.4 Å². The second-order valence-electron chi connectivity index (χ2n) is 5.99. The number of carbonyl (C=O) groups excluding carboxylic acids is 1. The molecule has 2 aromatic rings. The number of ether oxygens (including phenoxy) is 1. The van der Waals surface area contributed by atoms with E-state index < -0.39 is 0 Å². The van der Waals surface area contributed by atoms with Crippen molar-refractivity contribution in [2.45, 2.75) is 19.4 Å². The second-order valence-corrected chi connectivity index (χ2v) is 5.99. The fraction of sp³-hybridized carbons (Fsp3) is 0.368. The summed E-state index contributed by atoms with van der Waals surface area (Å²) in [4.78, 5) is 19.3. The highest BCUT2D eigenvalue weighted by Gasteiger charge is 2.28. The van der Waals surface area contributed by atoms with Crippen LogP contribution in [0.2, 0.25) is 0 Å². The summed E-state index contributed by atoms with van der Waals surface area (Å²) in [6, 6.07) is 11.6. The molecule has 0 unspecified atom stereocenters. The summed E-state index contributed by atoms with van der Waals surface area (Å²) >= 11 is 0. The summed E-state index contributed by atoms with van der Waals surface area (Å²) in [5.74, 6) is 0.910. The molecule has 0 bridgehead atoms. The molecule has 1 fully saturated rings. The van der Waals surface area contributed by atoms with Gasteiger partial charge < -0.3 is 4.74 Å². The molecule has 120 valence electrons. The monoisotopic (exact) mass is 310 g/mol. The number of benzene rings is 1. The number of para-hydroxylation sites is 1. The Bertz CT molecular complexity index is 657. The Balaban J connectivity index is 1.69. The van der Waals surface area contributed by atoms with Crippen molar-refractivity contribution < 1.29 is 9.53 Å². The van der Waals surface area contributed by atoms with Gasteiger partial charge in [0.2, 0.25) is 0 Å². The Hall–Kier alpha value is -2.20. The number of carbonyl (C=O) groups is 1. The maximum atomic E-state index is 12.9. The van der Waals surface area contributed by atoms with Crippen LogP contribution in [0, 0.1) is 5.92 Å². The third kappa shape index (κ3) is 3.77. The van der Waals surface area contributed by atoms with Gasteiger partial charge in [0, 0.05) is 31.4 Å². The molecule has 23 heavy (non-hydrogen) atoms. The minimum Gasteiger partial charge on any atom is -0.496 e. The number of nitrogens with zero attached hydrogens (tertiary/aromatic N) is 2. The second kappa shape index (κ2) is 7.38. The van der Waals surface area contributed by atoms with Crippen LogP contribution in [0.15, 0.2) is 48.8 Å². The number of pyridine rings is 1. The fourth-order valence-corrected chi connectivity index (χ4v) is 3.23. The molecule has 1 atom stereocenters. The number of methoxy groups -OCH3 is 1. The van der Waals surface area contributed by atoms with Gasteiger partial charge in [-0.1, -0.05) is 12.1 Å². The zero-order valence-corrected chi connectivity index (χ0v) is 13.4. The third-order valence-electron chi connectivity index (χ3n) is 4.40. The molecule has 1 aromatic carbocycles. The first-order chi connectivity index (χ1) is 11.3. The molecule has 2 heterocycles. The van der Waals surface area contributed by atoms with Crippen LogP contribution in [0.25, 0.3) is 0 Å².